The van der Waals surface area contributed by atoms with Crippen LogP contribution in [0.1, 0.15) is 26.3 Å². The lowest BCUT2D eigenvalue weighted by atomic mass is 10.1. The number of allylic oxidation sites excluding steroid dienone is 1. The lowest BCUT2D eigenvalue weighted by Crippen LogP contribution is -2.08. The molecule has 0 spiro atoms. The standard InChI is InChI=1S/C23H14Cl2O5/c1-28-14-7-5-13(6-8-14)23(27)29-15-9-10-16-20(11-15)30-21(22(16)26)12-17-18(24)3-2-4-19(17)25/h2-12H,1H3. The molecule has 0 aromatic heterocycles. The minimum atomic E-state index is -0.541. The molecule has 7 heteroatoms. The molecule has 0 unspecified atom stereocenters. The Morgan fingerprint density at radius 2 is 1.63 bits per heavy atom. The van der Waals surface area contributed by atoms with Gasteiger partial charge in [-0.3, -0.25) is 4.79 Å². The second-order valence-corrected chi connectivity index (χ2v) is 7.17. The summed E-state index contributed by atoms with van der Waals surface area (Å²) in [5.74, 6) is 0.399. The lowest BCUT2D eigenvalue weighted by Gasteiger charge is -2.06. The van der Waals surface area contributed by atoms with Crippen molar-refractivity contribution in [2.45, 2.75) is 0 Å². The van der Waals surface area contributed by atoms with Gasteiger partial charge in [0.15, 0.2) is 5.76 Å². The highest BCUT2D eigenvalue weighted by Crippen LogP contribution is 2.36. The summed E-state index contributed by atoms with van der Waals surface area (Å²) in [7, 11) is 1.54. The van der Waals surface area contributed by atoms with Gasteiger partial charge in [0.05, 0.1) is 18.2 Å². The maximum atomic E-state index is 12.6. The Morgan fingerprint density at radius 3 is 2.30 bits per heavy atom. The Bertz CT molecular complexity index is 1160. The van der Waals surface area contributed by atoms with E-state index in [2.05, 4.69) is 0 Å². The first kappa shape index (κ1) is 20.0. The van der Waals surface area contributed by atoms with Gasteiger partial charge in [-0.1, -0.05) is 29.3 Å². The van der Waals surface area contributed by atoms with Crippen molar-refractivity contribution in [1.82, 2.24) is 0 Å². The predicted octanol–water partition coefficient (Wildman–Crippen LogP) is 5.84. The highest BCUT2D eigenvalue weighted by molar-refractivity contribution is 6.37. The zero-order chi connectivity index (χ0) is 21.3. The van der Waals surface area contributed by atoms with Crippen LogP contribution in [0.2, 0.25) is 10.0 Å². The second kappa shape index (κ2) is 8.22. The fourth-order valence-electron chi connectivity index (χ4n) is 2.90. The molecule has 1 aliphatic heterocycles. The van der Waals surface area contributed by atoms with Gasteiger partial charge in [-0.2, -0.15) is 0 Å². The minimum absolute atomic E-state index is 0.0821. The van der Waals surface area contributed by atoms with E-state index in [1.807, 2.05) is 0 Å². The summed E-state index contributed by atoms with van der Waals surface area (Å²) in [5.41, 5.74) is 1.21. The number of hydrogen-bond acceptors (Lipinski definition) is 5. The molecule has 0 saturated heterocycles. The average Bonchev–Trinajstić information content (AvgIpc) is 3.05. The van der Waals surface area contributed by atoms with Gasteiger partial charge in [-0.05, 0) is 54.6 Å². The summed E-state index contributed by atoms with van der Waals surface area (Å²) in [6.45, 7) is 0. The second-order valence-electron chi connectivity index (χ2n) is 6.35. The molecule has 4 rings (SSSR count). The van der Waals surface area contributed by atoms with Crippen molar-refractivity contribution in [3.8, 4) is 17.2 Å². The Hall–Kier alpha value is -3.28. The van der Waals surface area contributed by atoms with E-state index in [-0.39, 0.29) is 23.0 Å². The molecule has 0 N–H and O–H groups in total. The zero-order valence-electron chi connectivity index (χ0n) is 15.6. The van der Waals surface area contributed by atoms with Gasteiger partial charge < -0.3 is 14.2 Å². The summed E-state index contributed by atoms with van der Waals surface area (Å²) < 4.78 is 16.1. The number of rotatable bonds is 4. The third kappa shape index (κ3) is 3.90. The van der Waals surface area contributed by atoms with Crippen LogP contribution in [0.15, 0.2) is 66.4 Å². The smallest absolute Gasteiger partial charge is 0.343 e. The quantitative estimate of drug-likeness (QED) is 0.289. The molecule has 0 fully saturated rings. The van der Waals surface area contributed by atoms with Gasteiger partial charge in [-0.15, -0.1) is 0 Å². The molecule has 0 radical (unpaired) electrons. The van der Waals surface area contributed by atoms with E-state index in [1.165, 1.54) is 18.2 Å². The van der Waals surface area contributed by atoms with Gasteiger partial charge in [0.1, 0.15) is 17.2 Å². The van der Waals surface area contributed by atoms with E-state index in [0.29, 0.717) is 32.5 Å². The molecular formula is C23H14Cl2O5. The zero-order valence-corrected chi connectivity index (χ0v) is 17.2. The first-order valence-electron chi connectivity index (χ1n) is 8.85. The third-order valence-corrected chi connectivity index (χ3v) is 5.11. The highest BCUT2D eigenvalue weighted by Gasteiger charge is 2.28. The Kier molecular flexibility index (Phi) is 5.48. The predicted molar refractivity (Wildman–Crippen MR) is 114 cm³/mol. The molecule has 0 amide bonds. The van der Waals surface area contributed by atoms with Crippen LogP contribution < -0.4 is 14.2 Å². The van der Waals surface area contributed by atoms with E-state index >= 15 is 0 Å². The number of halogens is 2. The highest BCUT2D eigenvalue weighted by atomic mass is 35.5. The Labute approximate surface area is 182 Å². The number of ketones is 1. The van der Waals surface area contributed by atoms with Crippen LogP contribution in [0.25, 0.3) is 6.08 Å². The number of benzene rings is 3. The molecule has 3 aromatic rings. The molecule has 1 heterocycles. The summed E-state index contributed by atoms with van der Waals surface area (Å²) in [6.07, 6.45) is 1.50. The van der Waals surface area contributed by atoms with Crippen molar-refractivity contribution < 1.29 is 23.8 Å². The third-order valence-electron chi connectivity index (χ3n) is 4.45. The summed E-state index contributed by atoms with van der Waals surface area (Å²) in [6, 6.07) is 16.1. The fourth-order valence-corrected chi connectivity index (χ4v) is 3.41. The van der Waals surface area contributed by atoms with Gasteiger partial charge in [0, 0.05) is 21.7 Å². The van der Waals surface area contributed by atoms with Crippen LogP contribution in [0.5, 0.6) is 17.2 Å². The topological polar surface area (TPSA) is 61.8 Å². The van der Waals surface area contributed by atoms with Crippen molar-refractivity contribution in [3.63, 3.8) is 0 Å². The van der Waals surface area contributed by atoms with Crippen molar-refractivity contribution in [2.75, 3.05) is 7.11 Å². The molecule has 0 bridgehead atoms. The van der Waals surface area contributed by atoms with E-state index in [9.17, 15) is 9.59 Å². The largest absolute Gasteiger partial charge is 0.497 e. The van der Waals surface area contributed by atoms with Crippen molar-refractivity contribution in [2.24, 2.45) is 0 Å². The molecule has 30 heavy (non-hydrogen) atoms. The molecule has 0 saturated carbocycles. The number of hydrogen-bond donors (Lipinski definition) is 0. The van der Waals surface area contributed by atoms with Gasteiger partial charge in [0.25, 0.3) is 0 Å². The maximum Gasteiger partial charge on any atom is 0.343 e. The number of ether oxygens (including phenoxy) is 3. The molecule has 0 atom stereocenters. The van der Waals surface area contributed by atoms with E-state index in [4.69, 9.17) is 37.4 Å². The van der Waals surface area contributed by atoms with E-state index in [1.54, 1.807) is 55.6 Å². The van der Waals surface area contributed by atoms with E-state index in [0.717, 1.165) is 0 Å². The van der Waals surface area contributed by atoms with Crippen LogP contribution in [0.4, 0.5) is 0 Å². The van der Waals surface area contributed by atoms with Gasteiger partial charge in [0.2, 0.25) is 5.78 Å². The van der Waals surface area contributed by atoms with Crippen LogP contribution in [0, 0.1) is 0 Å². The Balaban J connectivity index is 1.56. The molecule has 5 nitrogen and oxygen atoms in total. The SMILES string of the molecule is COc1ccc(C(=O)Oc2ccc3c(c2)OC(=Cc2c(Cl)cccc2Cl)C3=O)cc1. The lowest BCUT2D eigenvalue weighted by molar-refractivity contribution is 0.0734. The number of fused-ring (bicyclic) bond motifs is 1. The number of carbonyl (C=O) groups is 2. The monoisotopic (exact) mass is 440 g/mol. The normalized spacial score (nSPS) is 13.7. The maximum absolute atomic E-state index is 12.6. The molecule has 3 aromatic carbocycles. The molecule has 1 aliphatic rings. The molecule has 0 aliphatic carbocycles. The number of methoxy groups -OCH3 is 1. The summed E-state index contributed by atoms with van der Waals surface area (Å²) in [5, 5.41) is 0.799. The first-order valence-corrected chi connectivity index (χ1v) is 9.60. The number of carbonyl (C=O) groups excluding carboxylic acids is 2. The van der Waals surface area contributed by atoms with Crippen LogP contribution >= 0.6 is 23.2 Å². The van der Waals surface area contributed by atoms with Crippen molar-refractivity contribution in [3.05, 3.63) is 93.2 Å². The van der Waals surface area contributed by atoms with Crippen LogP contribution in [-0.2, 0) is 0 Å². The van der Waals surface area contributed by atoms with Crippen molar-refractivity contribution in [1.29, 1.82) is 0 Å². The van der Waals surface area contributed by atoms with E-state index < -0.39 is 5.97 Å². The molecule has 150 valence electrons. The Morgan fingerprint density at radius 1 is 0.967 bits per heavy atom. The molecular weight excluding hydrogens is 427 g/mol. The first-order chi connectivity index (χ1) is 14.5. The van der Waals surface area contributed by atoms with Crippen LogP contribution in [0.3, 0.4) is 0 Å². The van der Waals surface area contributed by atoms with Gasteiger partial charge in [-0.25, -0.2) is 4.79 Å². The summed E-state index contributed by atoms with van der Waals surface area (Å²) >= 11 is 12.3. The fraction of sp³-hybridized carbons (Fsp3) is 0.0435. The summed E-state index contributed by atoms with van der Waals surface area (Å²) in [4.78, 5) is 25.0. The van der Waals surface area contributed by atoms with Crippen molar-refractivity contribution >= 4 is 41.0 Å². The average molecular weight is 441 g/mol. The van der Waals surface area contributed by atoms with Gasteiger partial charge >= 0.3 is 5.97 Å². The number of esters is 1. The van der Waals surface area contributed by atoms with Crippen LogP contribution in [-0.4, -0.2) is 18.9 Å². The minimum Gasteiger partial charge on any atom is -0.497 e. The number of Topliss-reactive ketones (excluding diaryl/α,β-unsaturated/α-hetero) is 1.